The Morgan fingerprint density at radius 2 is 2.00 bits per heavy atom. The summed E-state index contributed by atoms with van der Waals surface area (Å²) in [6.07, 6.45) is 0.665. The third-order valence-electron chi connectivity index (χ3n) is 3.90. The van der Waals surface area contributed by atoms with Crippen LogP contribution in [0.15, 0.2) is 28.7 Å². The number of ether oxygens (including phenoxy) is 1. The molecule has 0 aliphatic carbocycles. The normalized spacial score (nSPS) is 16.5. The van der Waals surface area contributed by atoms with Gasteiger partial charge in [0.1, 0.15) is 0 Å². The zero-order chi connectivity index (χ0) is 15.4. The van der Waals surface area contributed by atoms with Crippen LogP contribution >= 0.6 is 11.8 Å². The minimum atomic E-state index is -0.0747. The Labute approximate surface area is 134 Å². The van der Waals surface area contributed by atoms with E-state index in [9.17, 15) is 5.11 Å². The number of aryl methyl sites for hydroxylation is 1. The van der Waals surface area contributed by atoms with Gasteiger partial charge in [-0.05, 0) is 18.1 Å². The van der Waals surface area contributed by atoms with Crippen molar-refractivity contribution in [3.63, 3.8) is 0 Å². The van der Waals surface area contributed by atoms with Gasteiger partial charge in [-0.1, -0.05) is 24.3 Å². The Morgan fingerprint density at radius 3 is 2.68 bits per heavy atom. The van der Waals surface area contributed by atoms with Crippen molar-refractivity contribution < 1.29 is 14.3 Å². The number of rotatable bonds is 7. The van der Waals surface area contributed by atoms with Crippen LogP contribution in [0, 0.1) is 12.3 Å². The van der Waals surface area contributed by atoms with E-state index in [0.717, 1.165) is 5.75 Å². The molecule has 1 fully saturated rings. The SMILES string of the molecule is Cc1ccccc1Cc1nnc(CSCC2(CO)COC2)o1. The molecule has 1 saturated heterocycles. The fourth-order valence-corrected chi connectivity index (χ4v) is 3.44. The largest absolute Gasteiger partial charge is 0.424 e. The van der Waals surface area contributed by atoms with Crippen molar-refractivity contribution in [2.45, 2.75) is 19.1 Å². The van der Waals surface area contributed by atoms with Crippen molar-refractivity contribution in [1.29, 1.82) is 0 Å². The van der Waals surface area contributed by atoms with E-state index in [0.29, 0.717) is 37.2 Å². The fraction of sp³-hybridized carbons (Fsp3) is 0.500. The maximum atomic E-state index is 9.38. The number of hydrogen-bond donors (Lipinski definition) is 1. The van der Waals surface area contributed by atoms with Crippen molar-refractivity contribution >= 4 is 11.8 Å². The van der Waals surface area contributed by atoms with Gasteiger partial charge in [-0.25, -0.2) is 0 Å². The highest BCUT2D eigenvalue weighted by molar-refractivity contribution is 7.98. The van der Waals surface area contributed by atoms with Crippen molar-refractivity contribution in [3.05, 3.63) is 47.2 Å². The molecule has 1 N–H and O–H groups in total. The van der Waals surface area contributed by atoms with Gasteiger partial charge in [-0.3, -0.25) is 0 Å². The second-order valence-corrected chi connectivity index (χ2v) is 6.82. The summed E-state index contributed by atoms with van der Waals surface area (Å²) >= 11 is 1.70. The van der Waals surface area contributed by atoms with Crippen LogP contribution in [0.5, 0.6) is 0 Å². The van der Waals surface area contributed by atoms with E-state index in [1.54, 1.807) is 11.8 Å². The molecule has 1 aromatic heterocycles. The Kier molecular flexibility index (Phi) is 4.81. The number of thioether (sulfide) groups is 1. The van der Waals surface area contributed by atoms with Crippen molar-refractivity contribution in [2.24, 2.45) is 5.41 Å². The number of nitrogens with zero attached hydrogens (tertiary/aromatic N) is 2. The second kappa shape index (κ2) is 6.81. The Bertz CT molecular complexity index is 620. The molecular formula is C16H20N2O3S. The lowest BCUT2D eigenvalue weighted by molar-refractivity contribution is -0.121. The van der Waals surface area contributed by atoms with Crippen LogP contribution in [0.4, 0.5) is 0 Å². The van der Waals surface area contributed by atoms with Crippen LogP contribution in [0.1, 0.15) is 22.9 Å². The monoisotopic (exact) mass is 320 g/mol. The fourth-order valence-electron chi connectivity index (χ4n) is 2.36. The van der Waals surface area contributed by atoms with E-state index in [-0.39, 0.29) is 12.0 Å². The third-order valence-corrected chi connectivity index (χ3v) is 5.16. The Morgan fingerprint density at radius 1 is 1.23 bits per heavy atom. The van der Waals surface area contributed by atoms with Crippen LogP contribution in [-0.2, 0) is 16.9 Å². The molecule has 118 valence electrons. The number of aromatic nitrogens is 2. The lowest BCUT2D eigenvalue weighted by Crippen LogP contribution is -2.47. The summed E-state index contributed by atoms with van der Waals surface area (Å²) in [4.78, 5) is 0. The molecule has 0 radical (unpaired) electrons. The van der Waals surface area contributed by atoms with Gasteiger partial charge in [0.15, 0.2) is 0 Å². The molecule has 3 rings (SSSR count). The first-order valence-corrected chi connectivity index (χ1v) is 8.48. The topological polar surface area (TPSA) is 68.4 Å². The highest BCUT2D eigenvalue weighted by atomic mass is 32.2. The summed E-state index contributed by atoms with van der Waals surface area (Å²) in [7, 11) is 0. The van der Waals surface area contributed by atoms with Gasteiger partial charge in [-0.2, -0.15) is 11.8 Å². The van der Waals surface area contributed by atoms with Gasteiger partial charge < -0.3 is 14.3 Å². The second-order valence-electron chi connectivity index (χ2n) is 5.84. The van der Waals surface area contributed by atoms with Gasteiger partial charge >= 0.3 is 0 Å². The van der Waals surface area contributed by atoms with E-state index in [1.165, 1.54) is 11.1 Å². The molecule has 2 aromatic rings. The van der Waals surface area contributed by atoms with Crippen molar-refractivity contribution in [2.75, 3.05) is 25.6 Å². The van der Waals surface area contributed by atoms with E-state index in [1.807, 2.05) is 12.1 Å². The Hall–Kier alpha value is -1.37. The molecule has 5 nitrogen and oxygen atoms in total. The predicted molar refractivity (Wildman–Crippen MR) is 84.8 cm³/mol. The van der Waals surface area contributed by atoms with Gasteiger partial charge in [0.05, 0.1) is 32.0 Å². The quantitative estimate of drug-likeness (QED) is 0.843. The van der Waals surface area contributed by atoms with Crippen LogP contribution in [0.3, 0.4) is 0 Å². The third kappa shape index (κ3) is 3.51. The zero-order valence-electron chi connectivity index (χ0n) is 12.6. The highest BCUT2D eigenvalue weighted by Crippen LogP contribution is 2.32. The summed E-state index contributed by atoms with van der Waals surface area (Å²) in [6, 6.07) is 8.20. The minimum Gasteiger partial charge on any atom is -0.424 e. The summed E-state index contributed by atoms with van der Waals surface area (Å²) in [6.45, 7) is 3.53. The average Bonchev–Trinajstić information content (AvgIpc) is 2.92. The first-order valence-electron chi connectivity index (χ1n) is 7.33. The maximum Gasteiger partial charge on any atom is 0.226 e. The first-order chi connectivity index (χ1) is 10.7. The molecule has 0 atom stereocenters. The van der Waals surface area contributed by atoms with Crippen molar-refractivity contribution in [3.8, 4) is 0 Å². The van der Waals surface area contributed by atoms with Gasteiger partial charge in [-0.15, -0.1) is 10.2 Å². The number of aliphatic hydroxyl groups excluding tert-OH is 1. The summed E-state index contributed by atoms with van der Waals surface area (Å²) in [5.41, 5.74) is 2.36. The lowest BCUT2D eigenvalue weighted by Gasteiger charge is -2.39. The smallest absolute Gasteiger partial charge is 0.226 e. The zero-order valence-corrected chi connectivity index (χ0v) is 13.4. The standard InChI is InChI=1S/C16H20N2O3S/c1-12-4-2-3-5-13(12)6-14-17-18-15(21-14)7-22-11-16(8-19)9-20-10-16/h2-5,19H,6-11H2,1H3. The molecule has 0 unspecified atom stereocenters. The van der Waals surface area contributed by atoms with Crippen LogP contribution in [0.25, 0.3) is 0 Å². The van der Waals surface area contributed by atoms with E-state index >= 15 is 0 Å². The molecule has 22 heavy (non-hydrogen) atoms. The van der Waals surface area contributed by atoms with Crippen LogP contribution in [0.2, 0.25) is 0 Å². The number of aliphatic hydroxyl groups is 1. The minimum absolute atomic E-state index is 0.0747. The first kappa shape index (κ1) is 15.5. The summed E-state index contributed by atoms with van der Waals surface area (Å²) in [5, 5.41) is 17.6. The maximum absolute atomic E-state index is 9.38. The predicted octanol–water partition coefficient (Wildman–Crippen LogP) is 2.21. The van der Waals surface area contributed by atoms with Gasteiger partial charge in [0.25, 0.3) is 0 Å². The van der Waals surface area contributed by atoms with Gasteiger partial charge in [0, 0.05) is 11.2 Å². The van der Waals surface area contributed by atoms with Gasteiger partial charge in [0.2, 0.25) is 11.8 Å². The molecular weight excluding hydrogens is 300 g/mol. The molecule has 1 aliphatic heterocycles. The van der Waals surface area contributed by atoms with Crippen molar-refractivity contribution in [1.82, 2.24) is 10.2 Å². The molecule has 2 heterocycles. The molecule has 6 heteroatoms. The molecule has 1 aromatic carbocycles. The molecule has 0 amide bonds. The van der Waals surface area contributed by atoms with E-state index < -0.39 is 0 Å². The molecule has 1 aliphatic rings. The molecule has 0 spiro atoms. The van der Waals surface area contributed by atoms with E-state index in [2.05, 4.69) is 29.3 Å². The number of benzene rings is 1. The number of hydrogen-bond acceptors (Lipinski definition) is 6. The van der Waals surface area contributed by atoms with E-state index in [4.69, 9.17) is 9.15 Å². The van der Waals surface area contributed by atoms with Crippen LogP contribution < -0.4 is 0 Å². The highest BCUT2D eigenvalue weighted by Gasteiger charge is 2.37. The molecule has 0 saturated carbocycles. The Balaban J connectivity index is 1.52. The lowest BCUT2D eigenvalue weighted by atomic mass is 9.90. The summed E-state index contributed by atoms with van der Waals surface area (Å²) < 4.78 is 10.9. The molecule has 0 bridgehead atoms. The summed E-state index contributed by atoms with van der Waals surface area (Å²) in [5.74, 6) is 2.80. The van der Waals surface area contributed by atoms with Crippen LogP contribution in [-0.4, -0.2) is 40.9 Å². The average molecular weight is 320 g/mol.